The number of hydrogen-bond donors (Lipinski definition) is 3. The van der Waals surface area contributed by atoms with Crippen LogP contribution in [0.25, 0.3) is 11.0 Å². The molecule has 0 saturated carbocycles. The fourth-order valence-electron chi connectivity index (χ4n) is 1.62. The summed E-state index contributed by atoms with van der Waals surface area (Å²) in [6.45, 7) is 0. The van der Waals surface area contributed by atoms with Gasteiger partial charge in [-0.3, -0.25) is 0 Å². The summed E-state index contributed by atoms with van der Waals surface area (Å²) in [5, 5.41) is 3.55. The molecule has 0 amide bonds. The van der Waals surface area contributed by atoms with Gasteiger partial charge in [0.25, 0.3) is 0 Å². The van der Waals surface area contributed by atoms with Crippen LogP contribution in [0.2, 0.25) is 5.02 Å². The Hall–Kier alpha value is -2.19. The van der Waals surface area contributed by atoms with Gasteiger partial charge in [-0.2, -0.15) is 18.7 Å². The van der Waals surface area contributed by atoms with Crippen LogP contribution in [0.3, 0.4) is 0 Å². The fraction of sp³-hybridized carbons (Fsp3) is 0. The molecule has 3 rings (SSSR count). The highest BCUT2D eigenvalue weighted by molar-refractivity contribution is 7.00. The Morgan fingerprint density at radius 2 is 2.00 bits per heavy atom. The van der Waals surface area contributed by atoms with Crippen molar-refractivity contribution >= 4 is 57.6 Å². The zero-order valence-electron chi connectivity index (χ0n) is 9.46. The van der Waals surface area contributed by atoms with Crippen molar-refractivity contribution < 1.29 is 0 Å². The third-order valence-electron chi connectivity index (χ3n) is 2.39. The van der Waals surface area contributed by atoms with Gasteiger partial charge in [0, 0.05) is 6.07 Å². The summed E-state index contributed by atoms with van der Waals surface area (Å²) < 4.78 is 8.35. The van der Waals surface area contributed by atoms with Gasteiger partial charge in [-0.05, 0) is 12.1 Å². The highest BCUT2D eigenvalue weighted by Gasteiger charge is 2.11. The number of nitrogen functional groups attached to an aromatic ring is 2. The van der Waals surface area contributed by atoms with Gasteiger partial charge >= 0.3 is 0 Å². The smallest absolute Gasteiger partial charge is 0.223 e. The van der Waals surface area contributed by atoms with Crippen LogP contribution in [-0.4, -0.2) is 18.7 Å². The molecule has 5 N–H and O–H groups in total. The highest BCUT2D eigenvalue weighted by Crippen LogP contribution is 2.32. The summed E-state index contributed by atoms with van der Waals surface area (Å²) in [4.78, 5) is 7.83. The average Bonchev–Trinajstić information content (AvgIpc) is 2.80. The maximum absolute atomic E-state index is 6.16. The van der Waals surface area contributed by atoms with Crippen molar-refractivity contribution in [3.63, 3.8) is 0 Å². The summed E-state index contributed by atoms with van der Waals surface area (Å²) >= 11 is 7.27. The normalized spacial score (nSPS) is 10.8. The standard InChI is InChI=1S/C10H8ClN7S/c11-4-1-2-5-9(18-19-17-5)8(4)15-7-3-6(12)14-10(13)16-7/h1-3H,(H5,12,13,14,15,16). The minimum absolute atomic E-state index is 0.0854. The lowest BCUT2D eigenvalue weighted by atomic mass is 10.2. The molecule has 0 unspecified atom stereocenters. The van der Waals surface area contributed by atoms with Gasteiger partial charge in [-0.15, -0.1) is 0 Å². The van der Waals surface area contributed by atoms with E-state index in [-0.39, 0.29) is 11.8 Å². The van der Waals surface area contributed by atoms with Crippen LogP contribution in [0, 0.1) is 0 Å². The molecule has 3 aromatic rings. The van der Waals surface area contributed by atoms with E-state index in [9.17, 15) is 0 Å². The number of aromatic nitrogens is 4. The van der Waals surface area contributed by atoms with Gasteiger partial charge in [0.1, 0.15) is 22.7 Å². The largest absolute Gasteiger partial charge is 0.383 e. The van der Waals surface area contributed by atoms with Gasteiger partial charge in [0.05, 0.1) is 22.4 Å². The Labute approximate surface area is 117 Å². The molecule has 1 aromatic carbocycles. The SMILES string of the molecule is Nc1cc(Nc2c(Cl)ccc3nsnc23)nc(N)n1. The number of nitrogens with two attached hydrogens (primary N) is 2. The van der Waals surface area contributed by atoms with E-state index in [1.165, 1.54) is 0 Å². The number of fused-ring (bicyclic) bond motifs is 1. The van der Waals surface area contributed by atoms with E-state index in [0.717, 1.165) is 17.2 Å². The predicted octanol–water partition coefficient (Wildman–Crippen LogP) is 2.04. The van der Waals surface area contributed by atoms with Crippen molar-refractivity contribution in [1.29, 1.82) is 0 Å². The van der Waals surface area contributed by atoms with E-state index < -0.39 is 0 Å². The van der Waals surface area contributed by atoms with E-state index in [1.807, 2.05) is 0 Å². The maximum Gasteiger partial charge on any atom is 0.223 e. The number of benzene rings is 1. The molecular weight excluding hydrogens is 286 g/mol. The molecular formula is C10H8ClN7S. The first-order chi connectivity index (χ1) is 9.13. The molecule has 2 heterocycles. The van der Waals surface area contributed by atoms with Crippen LogP contribution < -0.4 is 16.8 Å². The van der Waals surface area contributed by atoms with E-state index in [0.29, 0.717) is 22.0 Å². The van der Waals surface area contributed by atoms with Gasteiger partial charge in [-0.1, -0.05) is 11.6 Å². The fourth-order valence-corrected chi connectivity index (χ4v) is 2.37. The minimum atomic E-state index is 0.0854. The molecule has 2 aromatic heterocycles. The summed E-state index contributed by atoms with van der Waals surface area (Å²) in [5.74, 6) is 0.810. The molecule has 0 radical (unpaired) electrons. The second-order valence-electron chi connectivity index (χ2n) is 3.72. The summed E-state index contributed by atoms with van der Waals surface area (Å²) in [5.41, 5.74) is 13.2. The molecule has 0 aliphatic heterocycles. The lowest BCUT2D eigenvalue weighted by Gasteiger charge is -2.08. The van der Waals surface area contributed by atoms with Crippen molar-refractivity contribution in [1.82, 2.24) is 18.7 Å². The Bertz CT molecular complexity index is 736. The molecule has 0 spiro atoms. The Balaban J connectivity index is 2.09. The van der Waals surface area contributed by atoms with Gasteiger partial charge in [-0.25, -0.2) is 0 Å². The predicted molar refractivity (Wildman–Crippen MR) is 76.6 cm³/mol. The van der Waals surface area contributed by atoms with Crippen molar-refractivity contribution in [2.24, 2.45) is 0 Å². The quantitative estimate of drug-likeness (QED) is 0.662. The third-order valence-corrected chi connectivity index (χ3v) is 3.25. The lowest BCUT2D eigenvalue weighted by molar-refractivity contribution is 1.19. The van der Waals surface area contributed by atoms with Crippen LogP contribution in [-0.2, 0) is 0 Å². The Kier molecular flexibility index (Phi) is 2.80. The molecule has 0 bridgehead atoms. The highest BCUT2D eigenvalue weighted by atomic mass is 35.5. The van der Waals surface area contributed by atoms with Gasteiger partial charge < -0.3 is 16.8 Å². The van der Waals surface area contributed by atoms with E-state index in [4.69, 9.17) is 23.1 Å². The number of nitrogens with one attached hydrogen (secondary N) is 1. The monoisotopic (exact) mass is 293 g/mol. The average molecular weight is 294 g/mol. The molecule has 9 heteroatoms. The van der Waals surface area contributed by atoms with Gasteiger partial charge in [0.2, 0.25) is 5.95 Å². The van der Waals surface area contributed by atoms with Crippen molar-refractivity contribution in [3.05, 3.63) is 23.2 Å². The minimum Gasteiger partial charge on any atom is -0.383 e. The topological polar surface area (TPSA) is 116 Å². The molecule has 0 atom stereocenters. The number of hydrogen-bond acceptors (Lipinski definition) is 8. The number of rotatable bonds is 2. The van der Waals surface area contributed by atoms with Gasteiger partial charge in [0.15, 0.2) is 0 Å². The first kappa shape index (κ1) is 11.9. The zero-order valence-corrected chi connectivity index (χ0v) is 11.0. The first-order valence-corrected chi connectivity index (χ1v) is 6.32. The first-order valence-electron chi connectivity index (χ1n) is 5.21. The second kappa shape index (κ2) is 4.48. The molecule has 0 aliphatic rings. The summed E-state index contributed by atoms with van der Waals surface area (Å²) in [6, 6.07) is 5.10. The van der Waals surface area contributed by atoms with Crippen LogP contribution >= 0.6 is 23.3 Å². The van der Waals surface area contributed by atoms with Crippen molar-refractivity contribution in [3.8, 4) is 0 Å². The van der Waals surface area contributed by atoms with E-state index in [2.05, 4.69) is 24.0 Å². The van der Waals surface area contributed by atoms with E-state index in [1.54, 1.807) is 18.2 Å². The lowest BCUT2D eigenvalue weighted by Crippen LogP contribution is -2.03. The summed E-state index contributed by atoms with van der Waals surface area (Å²) in [7, 11) is 0. The Morgan fingerprint density at radius 3 is 2.79 bits per heavy atom. The van der Waals surface area contributed by atoms with Crippen molar-refractivity contribution in [2.75, 3.05) is 16.8 Å². The van der Waals surface area contributed by atoms with E-state index >= 15 is 0 Å². The third kappa shape index (κ3) is 2.23. The maximum atomic E-state index is 6.16. The molecule has 7 nitrogen and oxygen atoms in total. The zero-order chi connectivity index (χ0) is 13.4. The molecule has 0 aliphatic carbocycles. The Morgan fingerprint density at radius 1 is 1.16 bits per heavy atom. The number of nitrogens with zero attached hydrogens (tertiary/aromatic N) is 4. The number of anilines is 4. The molecule has 0 fully saturated rings. The van der Waals surface area contributed by atoms with Crippen LogP contribution in [0.1, 0.15) is 0 Å². The summed E-state index contributed by atoms with van der Waals surface area (Å²) in [6.07, 6.45) is 0. The van der Waals surface area contributed by atoms with Crippen LogP contribution in [0.4, 0.5) is 23.3 Å². The molecule has 19 heavy (non-hydrogen) atoms. The van der Waals surface area contributed by atoms with Crippen LogP contribution in [0.15, 0.2) is 18.2 Å². The van der Waals surface area contributed by atoms with Crippen LogP contribution in [0.5, 0.6) is 0 Å². The second-order valence-corrected chi connectivity index (χ2v) is 4.65. The molecule has 96 valence electrons. The number of halogens is 1. The molecule has 0 saturated heterocycles. The van der Waals surface area contributed by atoms with Crippen molar-refractivity contribution in [2.45, 2.75) is 0 Å².